The molecule has 4 rings (SSSR count). The van der Waals surface area contributed by atoms with Gasteiger partial charge in [-0.2, -0.15) is 0 Å². The van der Waals surface area contributed by atoms with Crippen molar-refractivity contribution in [2.24, 2.45) is 16.7 Å². The Kier molecular flexibility index (Phi) is 6.36. The predicted octanol–water partition coefficient (Wildman–Crippen LogP) is 3.79. The molecule has 1 aromatic carbocycles. The molecule has 1 heterocycles. The van der Waals surface area contributed by atoms with E-state index in [1.54, 1.807) is 0 Å². The van der Waals surface area contributed by atoms with Gasteiger partial charge in [0.2, 0.25) is 0 Å². The minimum atomic E-state index is -0.282. The topological polar surface area (TPSA) is 35.9 Å². The fourth-order valence-electron chi connectivity index (χ4n) is 6.09. The minimum absolute atomic E-state index is 0.282. The number of hydrogen-bond donors (Lipinski definition) is 1. The molecule has 2 saturated carbocycles. The van der Waals surface area contributed by atoms with E-state index in [2.05, 4.69) is 60.9 Å². The summed E-state index contributed by atoms with van der Waals surface area (Å²) in [4.78, 5) is 4.92. The summed E-state index contributed by atoms with van der Waals surface area (Å²) in [5.41, 5.74) is 2.10. The SMILES string of the molecule is CC1(C)[C@H]2CC[C@]1(C)[C@H](OCC[C@H](O)CN1CCN(Cc3ccccc3)CC1)C2. The summed E-state index contributed by atoms with van der Waals surface area (Å²) in [5, 5.41) is 10.5. The zero-order valence-corrected chi connectivity index (χ0v) is 18.6. The Balaban J connectivity index is 1.14. The summed E-state index contributed by atoms with van der Waals surface area (Å²) >= 11 is 0. The molecule has 2 bridgehead atoms. The largest absolute Gasteiger partial charge is 0.392 e. The molecule has 3 aliphatic rings. The molecule has 3 fully saturated rings. The normalized spacial score (nSPS) is 33.2. The van der Waals surface area contributed by atoms with Gasteiger partial charge in [-0.25, -0.2) is 0 Å². The van der Waals surface area contributed by atoms with Crippen molar-refractivity contribution in [3.8, 4) is 0 Å². The van der Waals surface area contributed by atoms with Gasteiger partial charge >= 0.3 is 0 Å². The van der Waals surface area contributed by atoms with E-state index in [-0.39, 0.29) is 6.10 Å². The van der Waals surface area contributed by atoms with Crippen LogP contribution in [0, 0.1) is 16.7 Å². The fourth-order valence-corrected chi connectivity index (χ4v) is 6.09. The molecule has 2 aliphatic carbocycles. The number of fused-ring (bicyclic) bond motifs is 2. The third kappa shape index (κ3) is 4.41. The number of aliphatic hydroxyl groups excluding tert-OH is 1. The number of piperazine rings is 1. The summed E-state index contributed by atoms with van der Waals surface area (Å²) in [6.45, 7) is 14.0. The van der Waals surface area contributed by atoms with E-state index in [1.165, 1.54) is 24.8 Å². The van der Waals surface area contributed by atoms with E-state index < -0.39 is 0 Å². The van der Waals surface area contributed by atoms with Crippen LogP contribution in [0.4, 0.5) is 0 Å². The molecule has 1 saturated heterocycles. The lowest BCUT2D eigenvalue weighted by molar-refractivity contribution is -0.0570. The molecular formula is C25H40N2O2. The number of aliphatic hydroxyl groups is 1. The van der Waals surface area contributed by atoms with Crippen molar-refractivity contribution in [1.29, 1.82) is 0 Å². The van der Waals surface area contributed by atoms with Gasteiger partial charge in [0.25, 0.3) is 0 Å². The monoisotopic (exact) mass is 400 g/mol. The van der Waals surface area contributed by atoms with Crippen LogP contribution < -0.4 is 0 Å². The molecule has 0 aromatic heterocycles. The molecular weight excluding hydrogens is 360 g/mol. The molecule has 0 radical (unpaired) electrons. The Labute approximate surface area is 177 Å². The van der Waals surface area contributed by atoms with Gasteiger partial charge in [0.15, 0.2) is 0 Å². The summed E-state index contributed by atoms with van der Waals surface area (Å²) in [6.07, 6.45) is 4.72. The van der Waals surface area contributed by atoms with Crippen LogP contribution in [0.15, 0.2) is 30.3 Å². The second-order valence-corrected chi connectivity index (χ2v) is 10.5. The van der Waals surface area contributed by atoms with E-state index in [4.69, 9.17) is 4.74 Å². The van der Waals surface area contributed by atoms with Crippen LogP contribution in [0.3, 0.4) is 0 Å². The Bertz CT molecular complexity index is 656. The molecule has 0 unspecified atom stereocenters. The Morgan fingerprint density at radius 2 is 1.76 bits per heavy atom. The smallest absolute Gasteiger partial charge is 0.0689 e. The van der Waals surface area contributed by atoms with Crippen molar-refractivity contribution in [3.63, 3.8) is 0 Å². The lowest BCUT2D eigenvalue weighted by Crippen LogP contribution is -2.48. The highest BCUT2D eigenvalue weighted by molar-refractivity contribution is 5.14. The van der Waals surface area contributed by atoms with Crippen molar-refractivity contribution in [1.82, 2.24) is 9.80 Å². The molecule has 1 aliphatic heterocycles. The van der Waals surface area contributed by atoms with Crippen molar-refractivity contribution in [2.75, 3.05) is 39.3 Å². The van der Waals surface area contributed by atoms with Gasteiger partial charge in [0.1, 0.15) is 0 Å². The predicted molar refractivity (Wildman–Crippen MR) is 118 cm³/mol. The zero-order chi connectivity index (χ0) is 20.5. The van der Waals surface area contributed by atoms with Crippen LogP contribution >= 0.6 is 0 Å². The number of ether oxygens (including phenoxy) is 1. The van der Waals surface area contributed by atoms with Crippen LogP contribution in [-0.2, 0) is 11.3 Å². The maximum atomic E-state index is 10.5. The maximum Gasteiger partial charge on any atom is 0.0689 e. The van der Waals surface area contributed by atoms with E-state index in [0.717, 1.165) is 51.6 Å². The molecule has 29 heavy (non-hydrogen) atoms. The first-order chi connectivity index (χ1) is 13.9. The van der Waals surface area contributed by atoms with Gasteiger partial charge in [-0.3, -0.25) is 9.80 Å². The highest BCUT2D eigenvalue weighted by atomic mass is 16.5. The maximum absolute atomic E-state index is 10.5. The lowest BCUT2D eigenvalue weighted by Gasteiger charge is -2.39. The van der Waals surface area contributed by atoms with Crippen LogP contribution in [0.25, 0.3) is 0 Å². The van der Waals surface area contributed by atoms with E-state index in [9.17, 15) is 5.11 Å². The van der Waals surface area contributed by atoms with Gasteiger partial charge in [-0.15, -0.1) is 0 Å². The van der Waals surface area contributed by atoms with Crippen molar-refractivity contribution in [2.45, 2.75) is 65.2 Å². The molecule has 4 heteroatoms. The first-order valence-electron chi connectivity index (χ1n) is 11.7. The van der Waals surface area contributed by atoms with Crippen LogP contribution in [0.5, 0.6) is 0 Å². The summed E-state index contributed by atoms with van der Waals surface area (Å²) < 4.78 is 6.33. The van der Waals surface area contributed by atoms with E-state index >= 15 is 0 Å². The first-order valence-corrected chi connectivity index (χ1v) is 11.7. The second kappa shape index (κ2) is 8.66. The van der Waals surface area contributed by atoms with Gasteiger partial charge in [0, 0.05) is 45.9 Å². The fraction of sp³-hybridized carbons (Fsp3) is 0.760. The number of hydrogen-bond acceptors (Lipinski definition) is 4. The molecule has 1 N–H and O–H groups in total. The zero-order valence-electron chi connectivity index (χ0n) is 18.6. The minimum Gasteiger partial charge on any atom is -0.392 e. The van der Waals surface area contributed by atoms with Crippen LogP contribution in [0.2, 0.25) is 0 Å². The highest BCUT2D eigenvalue weighted by Gasteiger charge is 2.61. The van der Waals surface area contributed by atoms with Gasteiger partial charge in [-0.05, 0) is 48.0 Å². The van der Waals surface area contributed by atoms with E-state index in [1.807, 2.05) is 0 Å². The number of benzene rings is 1. The first kappa shape index (κ1) is 21.3. The quantitative estimate of drug-likeness (QED) is 0.720. The summed E-state index contributed by atoms with van der Waals surface area (Å²) in [5.74, 6) is 0.814. The lowest BCUT2D eigenvalue weighted by atomic mass is 9.70. The average molecular weight is 401 g/mol. The Morgan fingerprint density at radius 1 is 1.07 bits per heavy atom. The second-order valence-electron chi connectivity index (χ2n) is 10.5. The van der Waals surface area contributed by atoms with Gasteiger partial charge < -0.3 is 9.84 Å². The van der Waals surface area contributed by atoms with Crippen molar-refractivity contribution < 1.29 is 9.84 Å². The number of rotatable bonds is 8. The van der Waals surface area contributed by atoms with Crippen LogP contribution in [-0.4, -0.2) is 66.4 Å². The third-order valence-corrected chi connectivity index (χ3v) is 8.67. The Hall–Kier alpha value is -0.940. The highest BCUT2D eigenvalue weighted by Crippen LogP contribution is 2.66. The van der Waals surface area contributed by atoms with Crippen molar-refractivity contribution in [3.05, 3.63) is 35.9 Å². The van der Waals surface area contributed by atoms with E-state index in [0.29, 0.717) is 23.5 Å². The molecule has 0 amide bonds. The molecule has 0 spiro atoms. The van der Waals surface area contributed by atoms with Crippen molar-refractivity contribution >= 4 is 0 Å². The van der Waals surface area contributed by atoms with Gasteiger partial charge in [0.05, 0.1) is 12.2 Å². The molecule has 4 atom stereocenters. The third-order valence-electron chi connectivity index (χ3n) is 8.67. The number of nitrogens with zero attached hydrogens (tertiary/aromatic N) is 2. The summed E-state index contributed by atoms with van der Waals surface area (Å²) in [7, 11) is 0. The van der Waals surface area contributed by atoms with Gasteiger partial charge in [-0.1, -0.05) is 51.1 Å². The number of β-amino-alcohol motifs (C(OH)–C–C–N with tert-alkyl or cyclic N) is 1. The summed E-state index contributed by atoms with van der Waals surface area (Å²) in [6, 6.07) is 10.7. The Morgan fingerprint density at radius 3 is 2.38 bits per heavy atom. The average Bonchev–Trinajstić information content (AvgIpc) is 3.04. The molecule has 162 valence electrons. The molecule has 4 nitrogen and oxygen atoms in total. The standard InChI is InChI=1S/C25H40N2O2/c1-24(2)21-9-11-25(24,3)23(17-21)29-16-10-22(28)19-27-14-12-26(13-15-27)18-20-7-5-4-6-8-20/h4-8,21-23,28H,9-19H2,1-3H3/t21-,22-,23+,25+/m0/s1. The van der Waals surface area contributed by atoms with Crippen LogP contribution in [0.1, 0.15) is 52.0 Å². The molecule has 1 aromatic rings.